The van der Waals surface area contributed by atoms with Crippen molar-refractivity contribution in [3.8, 4) is 0 Å². The minimum absolute atomic E-state index is 0.0331. The van der Waals surface area contributed by atoms with Gasteiger partial charge in [0.25, 0.3) is 0 Å². The largest absolute Gasteiger partial charge is 0.334 e. The van der Waals surface area contributed by atoms with Crippen molar-refractivity contribution in [3.05, 3.63) is 51.5 Å². The molecule has 5 nitrogen and oxygen atoms in total. The zero-order valence-corrected chi connectivity index (χ0v) is 13.6. The van der Waals surface area contributed by atoms with Crippen LogP contribution in [-0.2, 0) is 0 Å². The van der Waals surface area contributed by atoms with E-state index in [2.05, 4.69) is 9.97 Å². The molecule has 0 aromatic carbocycles. The van der Waals surface area contributed by atoms with Crippen LogP contribution in [-0.4, -0.2) is 14.9 Å². The molecule has 0 unspecified atom stereocenters. The summed E-state index contributed by atoms with van der Waals surface area (Å²) in [6.07, 6.45) is 1.37. The molecule has 0 radical (unpaired) electrons. The van der Waals surface area contributed by atoms with Crippen LogP contribution in [0.5, 0.6) is 0 Å². The quantitative estimate of drug-likeness (QED) is 0.372. The molecule has 3 heterocycles. The standard InChI is InChI=1S/C12H7N3O2S4/c16-15(17)10-11(20-8-3-1-5-18-8)13-7-14-12(10)21-9-4-2-6-19-9/h1-7H. The summed E-state index contributed by atoms with van der Waals surface area (Å²) in [5, 5.41) is 16.0. The highest BCUT2D eigenvalue weighted by Crippen LogP contribution is 2.42. The van der Waals surface area contributed by atoms with E-state index in [-0.39, 0.29) is 5.69 Å². The Hall–Kier alpha value is -1.42. The summed E-state index contributed by atoms with van der Waals surface area (Å²) in [6, 6.07) is 7.63. The molecule has 0 amide bonds. The highest BCUT2D eigenvalue weighted by molar-refractivity contribution is 8.02. The van der Waals surface area contributed by atoms with Gasteiger partial charge >= 0.3 is 5.69 Å². The zero-order valence-electron chi connectivity index (χ0n) is 10.3. The Morgan fingerprint density at radius 2 is 1.52 bits per heavy atom. The summed E-state index contributed by atoms with van der Waals surface area (Å²) < 4.78 is 1.92. The number of hydrogen-bond acceptors (Lipinski definition) is 8. The van der Waals surface area contributed by atoms with Crippen LogP contribution in [0.4, 0.5) is 5.69 Å². The van der Waals surface area contributed by atoms with Crippen molar-refractivity contribution in [2.75, 3.05) is 0 Å². The van der Waals surface area contributed by atoms with Gasteiger partial charge in [-0.15, -0.1) is 22.7 Å². The maximum atomic E-state index is 11.4. The van der Waals surface area contributed by atoms with E-state index >= 15 is 0 Å². The predicted octanol–water partition coefficient (Wildman–Crippen LogP) is 4.81. The lowest BCUT2D eigenvalue weighted by atomic mass is 10.5. The van der Waals surface area contributed by atoms with Gasteiger partial charge in [0, 0.05) is 0 Å². The Morgan fingerprint density at radius 3 is 1.90 bits per heavy atom. The Balaban J connectivity index is 1.98. The first-order chi connectivity index (χ1) is 10.2. The third-order valence-corrected chi connectivity index (χ3v) is 6.38. The number of nitro groups is 1. The zero-order chi connectivity index (χ0) is 14.7. The fourth-order valence-electron chi connectivity index (χ4n) is 1.49. The Kier molecular flexibility index (Phi) is 4.54. The molecule has 0 saturated carbocycles. The lowest BCUT2D eigenvalue weighted by molar-refractivity contribution is -0.391. The van der Waals surface area contributed by atoms with E-state index in [1.54, 1.807) is 0 Å². The summed E-state index contributed by atoms with van der Waals surface area (Å²) in [5.41, 5.74) is -0.0331. The molecule has 0 aliphatic carbocycles. The average molecular weight is 353 g/mol. The third-order valence-electron chi connectivity index (χ3n) is 2.32. The molecule has 0 aliphatic rings. The van der Waals surface area contributed by atoms with E-state index in [0.29, 0.717) is 10.1 Å². The Labute approximate surface area is 136 Å². The molecule has 0 bridgehead atoms. The van der Waals surface area contributed by atoms with Gasteiger partial charge in [0.2, 0.25) is 0 Å². The van der Waals surface area contributed by atoms with E-state index < -0.39 is 4.92 Å². The van der Waals surface area contributed by atoms with Gasteiger partial charge in [-0.1, -0.05) is 35.7 Å². The van der Waals surface area contributed by atoms with Crippen molar-refractivity contribution >= 4 is 51.9 Å². The molecule has 0 saturated heterocycles. The van der Waals surface area contributed by atoms with Crippen LogP contribution in [0.2, 0.25) is 0 Å². The first-order valence-electron chi connectivity index (χ1n) is 5.66. The minimum Gasteiger partial charge on any atom is -0.258 e. The smallest absolute Gasteiger partial charge is 0.258 e. The number of hydrogen-bond donors (Lipinski definition) is 0. The molecule has 9 heteroatoms. The highest BCUT2D eigenvalue weighted by Gasteiger charge is 2.24. The van der Waals surface area contributed by atoms with Crippen LogP contribution in [0.3, 0.4) is 0 Å². The summed E-state index contributed by atoms with van der Waals surface area (Å²) in [6.45, 7) is 0. The normalized spacial score (nSPS) is 10.7. The van der Waals surface area contributed by atoms with Gasteiger partial charge in [-0.2, -0.15) is 0 Å². The van der Waals surface area contributed by atoms with E-state index in [1.807, 2.05) is 35.0 Å². The molecule has 0 aliphatic heterocycles. The van der Waals surface area contributed by atoms with Gasteiger partial charge in [-0.05, 0) is 22.9 Å². The van der Waals surface area contributed by atoms with Crippen molar-refractivity contribution < 1.29 is 4.92 Å². The molecule has 0 spiro atoms. The molecule has 21 heavy (non-hydrogen) atoms. The first kappa shape index (κ1) is 14.5. The second-order valence-corrected chi connectivity index (χ2v) is 8.13. The van der Waals surface area contributed by atoms with Crippen LogP contribution >= 0.6 is 46.2 Å². The second-order valence-electron chi connectivity index (χ2n) is 3.66. The summed E-state index contributed by atoms with van der Waals surface area (Å²) in [4.78, 5) is 19.1. The van der Waals surface area contributed by atoms with Gasteiger partial charge in [-0.3, -0.25) is 10.1 Å². The minimum atomic E-state index is -0.411. The average Bonchev–Trinajstić information content (AvgIpc) is 3.12. The third kappa shape index (κ3) is 3.43. The van der Waals surface area contributed by atoms with Crippen LogP contribution in [0.1, 0.15) is 0 Å². The molecular formula is C12H7N3O2S4. The van der Waals surface area contributed by atoms with Gasteiger partial charge in [0.15, 0.2) is 10.1 Å². The lowest BCUT2D eigenvalue weighted by Crippen LogP contribution is -1.98. The number of rotatable bonds is 5. The Bertz CT molecular complexity index is 689. The highest BCUT2D eigenvalue weighted by atomic mass is 32.2. The summed E-state index contributed by atoms with van der Waals surface area (Å²) in [5.74, 6) is 0. The van der Waals surface area contributed by atoms with Gasteiger partial charge < -0.3 is 0 Å². The molecule has 3 aromatic heterocycles. The fraction of sp³-hybridized carbons (Fsp3) is 0. The monoisotopic (exact) mass is 353 g/mol. The molecule has 0 fully saturated rings. The second kappa shape index (κ2) is 6.56. The van der Waals surface area contributed by atoms with Crippen LogP contribution in [0, 0.1) is 10.1 Å². The lowest BCUT2D eigenvalue weighted by Gasteiger charge is -2.03. The van der Waals surface area contributed by atoms with E-state index in [0.717, 1.165) is 8.42 Å². The predicted molar refractivity (Wildman–Crippen MR) is 85.6 cm³/mol. The number of nitrogens with zero attached hydrogens (tertiary/aromatic N) is 3. The van der Waals surface area contributed by atoms with Gasteiger partial charge in [0.1, 0.15) is 6.33 Å². The Morgan fingerprint density at radius 1 is 1.00 bits per heavy atom. The number of aromatic nitrogens is 2. The SMILES string of the molecule is O=[N+]([O-])c1c(Sc2cccs2)ncnc1Sc1cccs1. The molecule has 3 aromatic rings. The molecule has 0 N–H and O–H groups in total. The van der Waals surface area contributed by atoms with E-state index in [9.17, 15) is 10.1 Å². The van der Waals surface area contributed by atoms with Crippen molar-refractivity contribution in [1.29, 1.82) is 0 Å². The molecule has 0 atom stereocenters. The van der Waals surface area contributed by atoms with E-state index in [1.165, 1.54) is 52.5 Å². The van der Waals surface area contributed by atoms with Crippen molar-refractivity contribution in [3.63, 3.8) is 0 Å². The topological polar surface area (TPSA) is 68.9 Å². The van der Waals surface area contributed by atoms with Crippen molar-refractivity contribution in [1.82, 2.24) is 9.97 Å². The summed E-state index contributed by atoms with van der Waals surface area (Å²) in [7, 11) is 0. The number of thiophene rings is 2. The first-order valence-corrected chi connectivity index (χ1v) is 9.05. The maximum absolute atomic E-state index is 11.4. The van der Waals surface area contributed by atoms with E-state index in [4.69, 9.17) is 0 Å². The van der Waals surface area contributed by atoms with Crippen molar-refractivity contribution in [2.24, 2.45) is 0 Å². The fourth-order valence-corrected chi connectivity index (χ4v) is 5.05. The summed E-state index contributed by atoms with van der Waals surface area (Å²) >= 11 is 5.63. The van der Waals surface area contributed by atoms with Crippen LogP contribution in [0.15, 0.2) is 59.8 Å². The maximum Gasteiger partial charge on any atom is 0.334 e. The van der Waals surface area contributed by atoms with Gasteiger partial charge in [0.05, 0.1) is 13.3 Å². The molecular weight excluding hydrogens is 346 g/mol. The molecule has 3 rings (SSSR count). The van der Waals surface area contributed by atoms with Crippen molar-refractivity contribution in [2.45, 2.75) is 18.5 Å². The van der Waals surface area contributed by atoms with Gasteiger partial charge in [-0.25, -0.2) is 9.97 Å². The van der Waals surface area contributed by atoms with Crippen LogP contribution in [0.25, 0.3) is 0 Å². The van der Waals surface area contributed by atoms with Crippen LogP contribution < -0.4 is 0 Å². The molecule has 106 valence electrons.